The first kappa shape index (κ1) is 22.5. The normalized spacial score (nSPS) is 11.5. The number of benzene rings is 2. The van der Waals surface area contributed by atoms with Gasteiger partial charge in [0.05, 0.1) is 15.1 Å². The Morgan fingerprint density at radius 1 is 1.21 bits per heavy atom. The number of halogens is 2. The molecule has 28 heavy (non-hydrogen) atoms. The number of nitrogens with zero attached hydrogens (tertiary/aromatic N) is 1. The Hall–Kier alpha value is -1.81. The summed E-state index contributed by atoms with van der Waals surface area (Å²) in [6.45, 7) is 3.75. The number of amides is 1. The van der Waals surface area contributed by atoms with Crippen molar-refractivity contribution in [1.82, 2.24) is 4.31 Å². The number of aromatic hydroxyl groups is 1. The molecule has 152 valence electrons. The van der Waals surface area contributed by atoms with Gasteiger partial charge in [-0.2, -0.15) is 4.31 Å². The molecule has 0 aliphatic heterocycles. The van der Waals surface area contributed by atoms with E-state index in [0.717, 1.165) is 0 Å². The molecule has 10 heteroatoms. The third-order valence-electron chi connectivity index (χ3n) is 3.84. The molecule has 2 rings (SSSR count). The first-order chi connectivity index (χ1) is 13.2. The number of sulfonamides is 1. The van der Waals surface area contributed by atoms with Crippen LogP contribution >= 0.6 is 27.5 Å². The maximum Gasteiger partial charge on any atom is 0.262 e. The van der Waals surface area contributed by atoms with Gasteiger partial charge in [-0.1, -0.05) is 25.4 Å². The minimum Gasteiger partial charge on any atom is -0.506 e. The molecule has 2 N–H and O–H groups in total. The standard InChI is InChI=1S/C18H20BrClN2O5S/c1-3-22(4-2)28(25,26)13-6-7-16(23)15(10-13)21-18(24)11-27-17-8-5-12(20)9-14(17)19/h5-10,23H,3-4,11H2,1-2H3,(H,21,24). The molecule has 7 nitrogen and oxygen atoms in total. The topological polar surface area (TPSA) is 95.9 Å². The summed E-state index contributed by atoms with van der Waals surface area (Å²) in [5, 5.41) is 13.0. The minimum absolute atomic E-state index is 0.0167. The quantitative estimate of drug-likeness (QED) is 0.547. The Balaban J connectivity index is 2.14. The van der Waals surface area contributed by atoms with Crippen LogP contribution in [-0.4, -0.2) is 43.4 Å². The highest BCUT2D eigenvalue weighted by atomic mass is 79.9. The van der Waals surface area contributed by atoms with E-state index in [-0.39, 0.29) is 22.9 Å². The zero-order valence-corrected chi connectivity index (χ0v) is 18.4. The average Bonchev–Trinajstić information content (AvgIpc) is 2.63. The smallest absolute Gasteiger partial charge is 0.262 e. The second-order valence-corrected chi connectivity index (χ2v) is 8.91. The van der Waals surface area contributed by atoms with Gasteiger partial charge in [0.2, 0.25) is 10.0 Å². The first-order valence-electron chi connectivity index (χ1n) is 8.39. The van der Waals surface area contributed by atoms with Crippen molar-refractivity contribution in [2.75, 3.05) is 25.0 Å². The number of phenolic OH excluding ortho intramolecular Hbond substituents is 1. The lowest BCUT2D eigenvalue weighted by molar-refractivity contribution is -0.118. The maximum atomic E-state index is 12.6. The molecule has 0 fully saturated rings. The average molecular weight is 492 g/mol. The highest BCUT2D eigenvalue weighted by Crippen LogP contribution is 2.29. The molecule has 0 atom stereocenters. The van der Waals surface area contributed by atoms with Crippen molar-refractivity contribution < 1.29 is 23.1 Å². The van der Waals surface area contributed by atoms with Gasteiger partial charge in [-0.15, -0.1) is 0 Å². The first-order valence-corrected chi connectivity index (χ1v) is 11.0. The van der Waals surface area contributed by atoms with Gasteiger partial charge in [0, 0.05) is 18.1 Å². The summed E-state index contributed by atoms with van der Waals surface area (Å²) in [6, 6.07) is 8.59. The van der Waals surface area contributed by atoms with E-state index < -0.39 is 15.9 Å². The Morgan fingerprint density at radius 3 is 2.50 bits per heavy atom. The number of anilines is 1. The van der Waals surface area contributed by atoms with Crippen molar-refractivity contribution in [1.29, 1.82) is 0 Å². The lowest BCUT2D eigenvalue weighted by Crippen LogP contribution is -2.30. The summed E-state index contributed by atoms with van der Waals surface area (Å²) in [6.07, 6.45) is 0. The molecular weight excluding hydrogens is 472 g/mol. The number of carbonyl (C=O) groups is 1. The third-order valence-corrected chi connectivity index (χ3v) is 6.74. The van der Waals surface area contributed by atoms with Crippen LogP contribution < -0.4 is 10.1 Å². The summed E-state index contributed by atoms with van der Waals surface area (Å²) in [7, 11) is -3.72. The summed E-state index contributed by atoms with van der Waals surface area (Å²) in [5.41, 5.74) is -0.0167. The Kier molecular flexibility index (Phi) is 7.70. The van der Waals surface area contributed by atoms with Crippen LogP contribution in [0, 0.1) is 0 Å². The monoisotopic (exact) mass is 490 g/mol. The summed E-state index contributed by atoms with van der Waals surface area (Å²) < 4.78 is 32.5. The Bertz CT molecular complexity index is 964. The lowest BCUT2D eigenvalue weighted by Gasteiger charge is -2.19. The maximum absolute atomic E-state index is 12.6. The van der Waals surface area contributed by atoms with E-state index in [2.05, 4.69) is 21.2 Å². The van der Waals surface area contributed by atoms with E-state index in [0.29, 0.717) is 28.3 Å². The molecule has 0 aliphatic rings. The fourth-order valence-electron chi connectivity index (χ4n) is 2.41. The molecular formula is C18H20BrClN2O5S. The molecule has 0 heterocycles. The van der Waals surface area contributed by atoms with Gasteiger partial charge in [-0.25, -0.2) is 8.42 Å². The minimum atomic E-state index is -3.72. The SMILES string of the molecule is CCN(CC)S(=O)(=O)c1ccc(O)c(NC(=O)COc2ccc(Cl)cc2Br)c1. The Morgan fingerprint density at radius 2 is 1.89 bits per heavy atom. The molecule has 0 aliphatic carbocycles. The zero-order chi connectivity index (χ0) is 20.9. The second kappa shape index (κ2) is 9.60. The van der Waals surface area contributed by atoms with Gasteiger partial charge in [-0.05, 0) is 52.3 Å². The van der Waals surface area contributed by atoms with Crippen molar-refractivity contribution in [2.45, 2.75) is 18.7 Å². The summed E-state index contributed by atoms with van der Waals surface area (Å²) >= 11 is 9.14. The summed E-state index contributed by atoms with van der Waals surface area (Å²) in [5.74, 6) is -0.393. The molecule has 0 radical (unpaired) electrons. The van der Waals surface area contributed by atoms with Crippen molar-refractivity contribution in [3.05, 3.63) is 45.9 Å². The third kappa shape index (κ3) is 5.38. The number of carbonyl (C=O) groups excluding carboxylic acids is 1. The predicted molar refractivity (Wildman–Crippen MR) is 111 cm³/mol. The number of hydrogen-bond acceptors (Lipinski definition) is 5. The van der Waals surface area contributed by atoms with Crippen molar-refractivity contribution >= 4 is 49.1 Å². The molecule has 0 aromatic heterocycles. The van der Waals surface area contributed by atoms with Crippen LogP contribution in [0.4, 0.5) is 5.69 Å². The largest absolute Gasteiger partial charge is 0.506 e. The van der Waals surface area contributed by atoms with Crippen LogP contribution in [0.2, 0.25) is 5.02 Å². The van der Waals surface area contributed by atoms with E-state index in [1.54, 1.807) is 32.0 Å². The van der Waals surface area contributed by atoms with Crippen molar-refractivity contribution in [2.24, 2.45) is 0 Å². The van der Waals surface area contributed by atoms with E-state index in [1.807, 2.05) is 0 Å². The van der Waals surface area contributed by atoms with Crippen LogP contribution in [0.25, 0.3) is 0 Å². The number of hydrogen-bond donors (Lipinski definition) is 2. The number of rotatable bonds is 8. The number of phenols is 1. The van der Waals surface area contributed by atoms with Gasteiger partial charge in [-0.3, -0.25) is 4.79 Å². The highest BCUT2D eigenvalue weighted by Gasteiger charge is 2.23. The molecule has 1 amide bonds. The predicted octanol–water partition coefficient (Wildman–Crippen LogP) is 3.86. The molecule has 2 aromatic carbocycles. The van der Waals surface area contributed by atoms with E-state index in [4.69, 9.17) is 16.3 Å². The molecule has 0 spiro atoms. The molecule has 0 saturated carbocycles. The molecule has 0 bridgehead atoms. The van der Waals surface area contributed by atoms with Gasteiger partial charge in [0.1, 0.15) is 11.5 Å². The second-order valence-electron chi connectivity index (χ2n) is 5.68. The summed E-state index contributed by atoms with van der Waals surface area (Å²) in [4.78, 5) is 12.2. The van der Waals surface area contributed by atoms with Crippen LogP contribution in [0.15, 0.2) is 45.8 Å². The molecule has 0 unspecified atom stereocenters. The van der Waals surface area contributed by atoms with Crippen molar-refractivity contribution in [3.8, 4) is 11.5 Å². The number of nitrogens with one attached hydrogen (secondary N) is 1. The van der Waals surface area contributed by atoms with Crippen LogP contribution in [0.5, 0.6) is 11.5 Å². The molecule has 2 aromatic rings. The van der Waals surface area contributed by atoms with Crippen molar-refractivity contribution in [3.63, 3.8) is 0 Å². The zero-order valence-electron chi connectivity index (χ0n) is 15.3. The van der Waals surface area contributed by atoms with Gasteiger partial charge in [0.15, 0.2) is 6.61 Å². The fourth-order valence-corrected chi connectivity index (χ4v) is 4.69. The van der Waals surface area contributed by atoms with Crippen LogP contribution in [-0.2, 0) is 14.8 Å². The van der Waals surface area contributed by atoms with E-state index in [9.17, 15) is 18.3 Å². The van der Waals surface area contributed by atoms with E-state index >= 15 is 0 Å². The van der Waals surface area contributed by atoms with Gasteiger partial charge >= 0.3 is 0 Å². The molecule has 0 saturated heterocycles. The van der Waals surface area contributed by atoms with Crippen LogP contribution in [0.1, 0.15) is 13.8 Å². The number of ether oxygens (including phenoxy) is 1. The van der Waals surface area contributed by atoms with Crippen LogP contribution in [0.3, 0.4) is 0 Å². The highest BCUT2D eigenvalue weighted by molar-refractivity contribution is 9.10. The Labute approximate surface area is 177 Å². The fraction of sp³-hybridized carbons (Fsp3) is 0.278. The van der Waals surface area contributed by atoms with Gasteiger partial charge in [0.25, 0.3) is 5.91 Å². The lowest BCUT2D eigenvalue weighted by atomic mass is 10.3. The van der Waals surface area contributed by atoms with E-state index in [1.165, 1.54) is 22.5 Å². The van der Waals surface area contributed by atoms with Gasteiger partial charge < -0.3 is 15.2 Å².